The van der Waals surface area contributed by atoms with Crippen molar-refractivity contribution >= 4 is 23.2 Å². The van der Waals surface area contributed by atoms with Crippen LogP contribution in [0.2, 0.25) is 0 Å². The highest BCUT2D eigenvalue weighted by Crippen LogP contribution is 2.20. The van der Waals surface area contributed by atoms with Crippen molar-refractivity contribution in [3.05, 3.63) is 57.8 Å². The van der Waals surface area contributed by atoms with Gasteiger partial charge < -0.3 is 9.80 Å². The summed E-state index contributed by atoms with van der Waals surface area (Å²) in [4.78, 5) is 31.2. The molecule has 0 radical (unpaired) electrons. The number of hydrogen-bond donors (Lipinski definition) is 0. The van der Waals surface area contributed by atoms with Crippen LogP contribution in [0.1, 0.15) is 88.1 Å². The summed E-state index contributed by atoms with van der Waals surface area (Å²) in [7, 11) is 0. The summed E-state index contributed by atoms with van der Waals surface area (Å²) in [5.74, 6) is 0.104. The van der Waals surface area contributed by atoms with Gasteiger partial charge in [-0.1, -0.05) is 75.8 Å². The molecule has 0 bridgehead atoms. The lowest BCUT2D eigenvalue weighted by Crippen LogP contribution is -2.45. The molecule has 4 nitrogen and oxygen atoms in total. The maximum Gasteiger partial charge on any atom is 0.242 e. The molecule has 5 heteroatoms. The molecule has 0 spiro atoms. The first kappa shape index (κ1) is 27.1. The van der Waals surface area contributed by atoms with E-state index in [9.17, 15) is 9.59 Å². The van der Waals surface area contributed by atoms with E-state index in [1.807, 2.05) is 49.1 Å². The number of carbonyl (C=O) groups is 2. The molecule has 33 heavy (non-hydrogen) atoms. The van der Waals surface area contributed by atoms with E-state index in [0.717, 1.165) is 18.4 Å². The van der Waals surface area contributed by atoms with Crippen molar-refractivity contribution in [3.8, 4) is 0 Å². The molecule has 2 aromatic rings. The predicted octanol–water partition coefficient (Wildman–Crippen LogP) is 6.96. The molecule has 0 aliphatic carbocycles. The third-order valence-corrected chi connectivity index (χ3v) is 7.12. The van der Waals surface area contributed by atoms with Crippen molar-refractivity contribution in [2.75, 3.05) is 6.54 Å². The van der Waals surface area contributed by atoms with E-state index in [1.54, 1.807) is 16.2 Å². The normalized spacial score (nSPS) is 11.1. The van der Waals surface area contributed by atoms with Gasteiger partial charge in [-0.3, -0.25) is 9.59 Å². The Morgan fingerprint density at radius 2 is 1.55 bits per heavy atom. The number of aryl methyl sites for hydroxylation is 1. The van der Waals surface area contributed by atoms with E-state index in [4.69, 9.17) is 0 Å². The first-order valence-corrected chi connectivity index (χ1v) is 13.4. The highest BCUT2D eigenvalue weighted by Gasteiger charge is 2.24. The van der Waals surface area contributed by atoms with Gasteiger partial charge in [0.05, 0.1) is 13.1 Å². The van der Waals surface area contributed by atoms with Gasteiger partial charge in [-0.05, 0) is 49.8 Å². The van der Waals surface area contributed by atoms with Crippen LogP contribution >= 0.6 is 11.3 Å². The fourth-order valence-electron chi connectivity index (χ4n) is 3.96. The van der Waals surface area contributed by atoms with Crippen molar-refractivity contribution in [3.63, 3.8) is 0 Å². The molecule has 182 valence electrons. The van der Waals surface area contributed by atoms with Crippen LogP contribution in [0.15, 0.2) is 41.8 Å². The number of nitrogens with zero attached hydrogens (tertiary/aromatic N) is 2. The second-order valence-corrected chi connectivity index (χ2v) is 10.2. The quantitative estimate of drug-likeness (QED) is 0.264. The van der Waals surface area contributed by atoms with E-state index in [0.29, 0.717) is 19.5 Å². The summed E-state index contributed by atoms with van der Waals surface area (Å²) in [6.45, 7) is 9.59. The number of amides is 2. The van der Waals surface area contributed by atoms with Crippen LogP contribution in [-0.4, -0.2) is 34.2 Å². The van der Waals surface area contributed by atoms with Crippen LogP contribution in [-0.2, 0) is 22.7 Å². The smallest absolute Gasteiger partial charge is 0.242 e. The number of thiophene rings is 1. The van der Waals surface area contributed by atoms with Crippen LogP contribution < -0.4 is 0 Å². The highest BCUT2D eigenvalue weighted by molar-refractivity contribution is 7.10. The lowest BCUT2D eigenvalue weighted by molar-refractivity contribution is -0.142. The minimum Gasteiger partial charge on any atom is -0.332 e. The Balaban J connectivity index is 1.97. The Kier molecular flexibility index (Phi) is 12.2. The first-order valence-electron chi connectivity index (χ1n) is 12.6. The molecule has 0 fully saturated rings. The summed E-state index contributed by atoms with van der Waals surface area (Å²) < 4.78 is 0. The van der Waals surface area contributed by atoms with Crippen molar-refractivity contribution < 1.29 is 9.59 Å². The monoisotopic (exact) mass is 470 g/mol. The average Bonchev–Trinajstić information content (AvgIpc) is 3.20. The third kappa shape index (κ3) is 9.71. The molecule has 1 heterocycles. The highest BCUT2D eigenvalue weighted by atomic mass is 32.1. The Hall–Kier alpha value is -2.14. The topological polar surface area (TPSA) is 40.6 Å². The van der Waals surface area contributed by atoms with Gasteiger partial charge in [0, 0.05) is 23.9 Å². The van der Waals surface area contributed by atoms with Crippen LogP contribution in [0, 0.1) is 6.92 Å². The molecule has 0 N–H and O–H groups in total. The third-order valence-electron chi connectivity index (χ3n) is 6.12. The van der Waals surface area contributed by atoms with E-state index in [1.165, 1.54) is 42.5 Å². The Labute approximate surface area is 205 Å². The Morgan fingerprint density at radius 1 is 0.879 bits per heavy atom. The second-order valence-electron chi connectivity index (χ2n) is 9.25. The zero-order chi connectivity index (χ0) is 24.1. The van der Waals surface area contributed by atoms with Crippen LogP contribution in [0.4, 0.5) is 0 Å². The summed E-state index contributed by atoms with van der Waals surface area (Å²) >= 11 is 1.68. The standard InChI is InChI=1S/C28H42N2O2S/c1-5-6-7-8-9-10-14-17-27(31)30(23(2)3)22-28(32)29(20-25-15-12-11-13-16-25)21-26-24(4)18-19-33-26/h11-13,15-16,18-19,23H,5-10,14,17,20-22H2,1-4H3. The predicted molar refractivity (Wildman–Crippen MR) is 139 cm³/mol. The summed E-state index contributed by atoms with van der Waals surface area (Å²) in [5.41, 5.74) is 2.31. The molecule has 2 amide bonds. The fourth-order valence-corrected chi connectivity index (χ4v) is 4.88. The van der Waals surface area contributed by atoms with E-state index < -0.39 is 0 Å². The number of rotatable bonds is 15. The maximum atomic E-state index is 13.4. The zero-order valence-electron chi connectivity index (χ0n) is 21.0. The molecule has 0 saturated carbocycles. The van der Waals surface area contributed by atoms with Crippen molar-refractivity contribution in [1.29, 1.82) is 0 Å². The van der Waals surface area contributed by atoms with Gasteiger partial charge >= 0.3 is 0 Å². The molecule has 1 aromatic heterocycles. The van der Waals surface area contributed by atoms with E-state index in [2.05, 4.69) is 25.3 Å². The van der Waals surface area contributed by atoms with Gasteiger partial charge in [0.1, 0.15) is 0 Å². The molecular weight excluding hydrogens is 428 g/mol. The van der Waals surface area contributed by atoms with E-state index >= 15 is 0 Å². The number of hydrogen-bond acceptors (Lipinski definition) is 3. The summed E-state index contributed by atoms with van der Waals surface area (Å²) in [5, 5.41) is 2.07. The fraction of sp³-hybridized carbons (Fsp3) is 0.571. The van der Waals surface area contributed by atoms with Crippen LogP contribution in [0.3, 0.4) is 0 Å². The van der Waals surface area contributed by atoms with Crippen molar-refractivity contribution in [1.82, 2.24) is 9.80 Å². The molecular formula is C28H42N2O2S. The minimum atomic E-state index is 0.00746. The summed E-state index contributed by atoms with van der Waals surface area (Å²) in [6, 6.07) is 12.2. The SMILES string of the molecule is CCCCCCCCCC(=O)N(CC(=O)N(Cc1ccccc1)Cc1sccc1C)C(C)C. The molecule has 0 aliphatic heterocycles. The van der Waals surface area contributed by atoms with Crippen molar-refractivity contribution in [2.24, 2.45) is 0 Å². The van der Waals surface area contributed by atoms with Crippen molar-refractivity contribution in [2.45, 2.75) is 98.2 Å². The molecule has 0 aliphatic rings. The van der Waals surface area contributed by atoms with E-state index in [-0.39, 0.29) is 24.4 Å². The van der Waals surface area contributed by atoms with Gasteiger partial charge in [0.2, 0.25) is 11.8 Å². The second kappa shape index (κ2) is 14.9. The van der Waals surface area contributed by atoms with Gasteiger partial charge in [-0.2, -0.15) is 0 Å². The van der Waals surface area contributed by atoms with Crippen LogP contribution in [0.25, 0.3) is 0 Å². The molecule has 1 aromatic carbocycles. The maximum absolute atomic E-state index is 13.4. The number of unbranched alkanes of at least 4 members (excludes halogenated alkanes) is 6. The summed E-state index contributed by atoms with van der Waals surface area (Å²) in [6.07, 6.45) is 8.82. The van der Waals surface area contributed by atoms with Crippen LogP contribution in [0.5, 0.6) is 0 Å². The number of benzene rings is 1. The lowest BCUT2D eigenvalue weighted by atomic mass is 10.1. The first-order chi connectivity index (χ1) is 15.9. The Bertz CT molecular complexity index is 831. The van der Waals surface area contributed by atoms with Gasteiger partial charge in [-0.25, -0.2) is 0 Å². The largest absolute Gasteiger partial charge is 0.332 e. The molecule has 0 atom stereocenters. The van der Waals surface area contributed by atoms with Gasteiger partial charge in [0.25, 0.3) is 0 Å². The Morgan fingerprint density at radius 3 is 2.15 bits per heavy atom. The molecule has 0 saturated heterocycles. The lowest BCUT2D eigenvalue weighted by Gasteiger charge is -2.30. The van der Waals surface area contributed by atoms with Gasteiger partial charge in [0.15, 0.2) is 0 Å². The average molecular weight is 471 g/mol. The molecule has 2 rings (SSSR count). The minimum absolute atomic E-state index is 0.00746. The van der Waals surface area contributed by atoms with Gasteiger partial charge in [-0.15, -0.1) is 11.3 Å². The molecule has 0 unspecified atom stereocenters. The number of carbonyl (C=O) groups excluding carboxylic acids is 2. The zero-order valence-corrected chi connectivity index (χ0v) is 21.8.